The molecule has 0 aromatic rings. The maximum absolute atomic E-state index is 10.7. The van der Waals surface area contributed by atoms with Crippen LogP contribution < -0.4 is 5.73 Å². The van der Waals surface area contributed by atoms with Crippen molar-refractivity contribution in [3.63, 3.8) is 0 Å². The summed E-state index contributed by atoms with van der Waals surface area (Å²) in [6.07, 6.45) is 0.632. The smallest absolute Gasteiger partial charge is 0.465 e. The van der Waals surface area contributed by atoms with E-state index in [9.17, 15) is 4.79 Å². The maximum atomic E-state index is 10.7. The second-order valence-electron chi connectivity index (χ2n) is 2.82. The van der Waals surface area contributed by atoms with Gasteiger partial charge in [-0.15, -0.1) is 0 Å². The molecule has 0 saturated carbocycles. The number of carbonyl (C=O) groups is 1. The molecule has 7 heteroatoms. The lowest BCUT2D eigenvalue weighted by Gasteiger charge is -2.23. The highest BCUT2D eigenvalue weighted by Gasteiger charge is 2.36. The van der Waals surface area contributed by atoms with Crippen LogP contribution >= 0.6 is 0 Å². The van der Waals surface area contributed by atoms with Gasteiger partial charge >= 0.3 is 14.8 Å². The Labute approximate surface area is 91.0 Å². The average molecular weight is 237 g/mol. The number of esters is 1. The van der Waals surface area contributed by atoms with E-state index in [-0.39, 0.29) is 6.54 Å². The Morgan fingerprint density at radius 2 is 1.73 bits per heavy atom. The molecule has 0 amide bonds. The zero-order valence-corrected chi connectivity index (χ0v) is 10.4. The number of hydrogen-bond acceptors (Lipinski definition) is 6. The minimum atomic E-state index is -2.52. The first-order valence-electron chi connectivity index (χ1n) is 4.65. The molecule has 0 aliphatic heterocycles. The Kier molecular flexibility index (Phi) is 7.53. The van der Waals surface area contributed by atoms with Crippen molar-refractivity contribution in [3.05, 3.63) is 0 Å². The first kappa shape index (κ1) is 14.5. The number of nitrogens with two attached hydrogens (primary N) is 1. The molecule has 0 bridgehead atoms. The van der Waals surface area contributed by atoms with Gasteiger partial charge in [0.2, 0.25) is 0 Å². The molecule has 0 spiro atoms. The molecule has 0 heterocycles. The van der Waals surface area contributed by atoms with Crippen molar-refractivity contribution in [2.45, 2.75) is 12.5 Å². The number of rotatable bonds is 8. The largest absolute Gasteiger partial charge is 0.500 e. The summed E-state index contributed by atoms with van der Waals surface area (Å²) in [4.78, 5) is 10.7. The monoisotopic (exact) mass is 237 g/mol. The van der Waals surface area contributed by atoms with E-state index in [1.54, 1.807) is 21.3 Å². The van der Waals surface area contributed by atoms with Gasteiger partial charge < -0.3 is 23.7 Å². The third kappa shape index (κ3) is 5.24. The van der Waals surface area contributed by atoms with Crippen molar-refractivity contribution < 1.29 is 22.8 Å². The van der Waals surface area contributed by atoms with Crippen LogP contribution in [0.15, 0.2) is 0 Å². The van der Waals surface area contributed by atoms with Gasteiger partial charge in [-0.2, -0.15) is 0 Å². The van der Waals surface area contributed by atoms with E-state index in [1.807, 2.05) is 0 Å². The van der Waals surface area contributed by atoms with Crippen molar-refractivity contribution in [2.24, 2.45) is 5.73 Å². The van der Waals surface area contributed by atoms with Crippen LogP contribution in [0.1, 0.15) is 6.42 Å². The fourth-order valence-corrected chi connectivity index (χ4v) is 2.78. The molecule has 90 valence electrons. The molecule has 0 rings (SSSR count). The number of carbonyl (C=O) groups excluding carboxylic acids is 1. The lowest BCUT2D eigenvalue weighted by molar-refractivity contribution is -0.141. The predicted octanol–water partition coefficient (Wildman–Crippen LogP) is -0.243. The Morgan fingerprint density at radius 3 is 2.13 bits per heavy atom. The van der Waals surface area contributed by atoms with Crippen LogP contribution in [0, 0.1) is 0 Å². The molecule has 0 fully saturated rings. The van der Waals surface area contributed by atoms with E-state index in [1.165, 1.54) is 0 Å². The molecule has 0 unspecified atom stereocenters. The standard InChI is InChI=1S/C8H19NO5Si/c1-11-15(12-2,13-3)6-4-5-14-8(10)7-9/h4-7,9H2,1-3H3. The summed E-state index contributed by atoms with van der Waals surface area (Å²) in [5.41, 5.74) is 5.08. The molecular formula is C8H19NO5Si. The van der Waals surface area contributed by atoms with E-state index in [2.05, 4.69) is 0 Å². The number of ether oxygens (including phenoxy) is 1. The van der Waals surface area contributed by atoms with Crippen LogP contribution in [0.25, 0.3) is 0 Å². The third-order valence-corrected chi connectivity index (χ3v) is 4.82. The van der Waals surface area contributed by atoms with Crippen molar-refractivity contribution in [3.8, 4) is 0 Å². The van der Waals surface area contributed by atoms with Gasteiger partial charge in [0.25, 0.3) is 0 Å². The summed E-state index contributed by atoms with van der Waals surface area (Å²) in [6.45, 7) is 0.211. The minimum Gasteiger partial charge on any atom is -0.465 e. The topological polar surface area (TPSA) is 80.0 Å². The normalized spacial score (nSPS) is 11.5. The van der Waals surface area contributed by atoms with Crippen LogP contribution in [0.4, 0.5) is 0 Å². The Morgan fingerprint density at radius 1 is 1.20 bits per heavy atom. The quantitative estimate of drug-likeness (QED) is 0.356. The maximum Gasteiger partial charge on any atom is 0.500 e. The second kappa shape index (κ2) is 7.77. The lowest BCUT2D eigenvalue weighted by atomic mass is 10.5. The molecule has 0 radical (unpaired) electrons. The van der Waals surface area contributed by atoms with Crippen LogP contribution in [0.3, 0.4) is 0 Å². The molecular weight excluding hydrogens is 218 g/mol. The fraction of sp³-hybridized carbons (Fsp3) is 0.875. The van der Waals surface area contributed by atoms with Crippen LogP contribution in [0.5, 0.6) is 0 Å². The van der Waals surface area contributed by atoms with Gasteiger partial charge in [-0.05, 0) is 6.42 Å². The molecule has 0 atom stereocenters. The first-order chi connectivity index (χ1) is 7.14. The number of hydrogen-bond donors (Lipinski definition) is 1. The van der Waals surface area contributed by atoms with Gasteiger partial charge in [0.05, 0.1) is 13.2 Å². The van der Waals surface area contributed by atoms with Gasteiger partial charge in [0.1, 0.15) is 0 Å². The predicted molar refractivity (Wildman–Crippen MR) is 56.2 cm³/mol. The highest BCUT2D eigenvalue weighted by molar-refractivity contribution is 6.60. The molecule has 2 N–H and O–H groups in total. The molecule has 0 aromatic carbocycles. The minimum absolute atomic E-state index is 0.0958. The molecule has 15 heavy (non-hydrogen) atoms. The SMILES string of the molecule is CO[Si](CCCOC(=O)CN)(OC)OC. The van der Waals surface area contributed by atoms with Crippen LogP contribution in [-0.2, 0) is 22.8 Å². The van der Waals surface area contributed by atoms with E-state index in [0.29, 0.717) is 19.1 Å². The van der Waals surface area contributed by atoms with Crippen LogP contribution in [0.2, 0.25) is 6.04 Å². The van der Waals surface area contributed by atoms with E-state index in [0.717, 1.165) is 0 Å². The zero-order valence-electron chi connectivity index (χ0n) is 9.45. The summed E-state index contributed by atoms with van der Waals surface area (Å²) in [5.74, 6) is -0.408. The fourth-order valence-electron chi connectivity index (χ4n) is 1.09. The summed E-state index contributed by atoms with van der Waals surface area (Å²) in [6, 6.07) is 0.606. The molecule has 0 aromatic heterocycles. The lowest BCUT2D eigenvalue weighted by Crippen LogP contribution is -2.42. The van der Waals surface area contributed by atoms with Crippen molar-refractivity contribution in [2.75, 3.05) is 34.5 Å². The van der Waals surface area contributed by atoms with E-state index >= 15 is 0 Å². The van der Waals surface area contributed by atoms with Gasteiger partial charge in [0.15, 0.2) is 0 Å². The second-order valence-corrected chi connectivity index (χ2v) is 5.91. The van der Waals surface area contributed by atoms with Crippen molar-refractivity contribution in [1.29, 1.82) is 0 Å². The van der Waals surface area contributed by atoms with E-state index in [4.69, 9.17) is 23.7 Å². The molecule has 6 nitrogen and oxygen atoms in total. The third-order valence-electron chi connectivity index (χ3n) is 1.99. The summed E-state index contributed by atoms with van der Waals surface area (Å²) in [5, 5.41) is 0. The Bertz CT molecular complexity index is 178. The van der Waals surface area contributed by atoms with Gasteiger partial charge in [-0.3, -0.25) is 4.79 Å². The first-order valence-corrected chi connectivity index (χ1v) is 6.58. The highest BCUT2D eigenvalue weighted by Crippen LogP contribution is 2.14. The average Bonchev–Trinajstić information content (AvgIpc) is 2.30. The van der Waals surface area contributed by atoms with Crippen LogP contribution in [-0.4, -0.2) is 49.3 Å². The molecule has 0 aliphatic carbocycles. The van der Waals surface area contributed by atoms with Gasteiger partial charge in [-0.1, -0.05) is 0 Å². The summed E-state index contributed by atoms with van der Waals surface area (Å²) < 4.78 is 20.4. The highest BCUT2D eigenvalue weighted by atomic mass is 28.4. The summed E-state index contributed by atoms with van der Waals surface area (Å²) in [7, 11) is 2.12. The molecule has 0 saturated heterocycles. The zero-order chi connectivity index (χ0) is 11.7. The van der Waals surface area contributed by atoms with Crippen molar-refractivity contribution >= 4 is 14.8 Å². The summed E-state index contributed by atoms with van der Waals surface area (Å²) >= 11 is 0. The van der Waals surface area contributed by atoms with E-state index < -0.39 is 14.8 Å². The molecule has 0 aliphatic rings. The van der Waals surface area contributed by atoms with Crippen molar-refractivity contribution in [1.82, 2.24) is 0 Å². The Balaban J connectivity index is 3.76. The van der Waals surface area contributed by atoms with Gasteiger partial charge in [-0.25, -0.2) is 0 Å². The Hall–Kier alpha value is -0.473. The van der Waals surface area contributed by atoms with Gasteiger partial charge in [0, 0.05) is 27.4 Å².